The molecule has 0 amide bonds. The fraction of sp³-hybridized carbons (Fsp3) is 0.250. The number of hydrogen-bond donors (Lipinski definition) is 1. The molecule has 2 aromatic carbocycles. The first-order valence-corrected chi connectivity index (χ1v) is 7.94. The zero-order valence-electron chi connectivity index (χ0n) is 11.5. The minimum atomic E-state index is -0.0856. The van der Waals surface area contributed by atoms with Crippen molar-refractivity contribution in [1.29, 1.82) is 0 Å². The van der Waals surface area contributed by atoms with Crippen molar-refractivity contribution in [2.75, 3.05) is 7.11 Å². The molecule has 0 aliphatic heterocycles. The third-order valence-corrected chi connectivity index (χ3v) is 4.45. The molecule has 0 saturated carbocycles. The maximum absolute atomic E-state index is 6.36. The zero-order chi connectivity index (χ0) is 14.7. The van der Waals surface area contributed by atoms with Gasteiger partial charge in [-0.05, 0) is 48.7 Å². The molecule has 0 fully saturated rings. The van der Waals surface area contributed by atoms with Crippen LogP contribution in [0.1, 0.15) is 22.7 Å². The summed E-state index contributed by atoms with van der Waals surface area (Å²) in [6.07, 6.45) is 0.736. The van der Waals surface area contributed by atoms with Crippen LogP contribution in [0.5, 0.6) is 5.75 Å². The molecule has 106 valence electrons. The summed E-state index contributed by atoms with van der Waals surface area (Å²) in [5.74, 6) is 0.886. The van der Waals surface area contributed by atoms with Crippen LogP contribution in [0.15, 0.2) is 45.3 Å². The highest BCUT2D eigenvalue weighted by Gasteiger charge is 2.14. The van der Waals surface area contributed by atoms with Crippen LogP contribution in [0, 0.1) is 6.92 Å². The number of methoxy groups -OCH3 is 1. The maximum Gasteiger partial charge on any atom is 0.122 e. The molecule has 4 heteroatoms. The number of rotatable bonds is 4. The Morgan fingerprint density at radius 1 is 1.15 bits per heavy atom. The van der Waals surface area contributed by atoms with Crippen LogP contribution < -0.4 is 10.5 Å². The van der Waals surface area contributed by atoms with E-state index in [1.807, 2.05) is 24.3 Å². The van der Waals surface area contributed by atoms with Gasteiger partial charge in [0.1, 0.15) is 5.75 Å². The molecular formula is C16H17Br2NO. The quantitative estimate of drug-likeness (QED) is 0.804. The lowest BCUT2D eigenvalue weighted by Gasteiger charge is -2.17. The minimum absolute atomic E-state index is 0.0856. The topological polar surface area (TPSA) is 35.2 Å². The normalized spacial score (nSPS) is 12.2. The maximum atomic E-state index is 6.36. The summed E-state index contributed by atoms with van der Waals surface area (Å²) in [4.78, 5) is 0. The second-order valence-corrected chi connectivity index (χ2v) is 6.56. The Hall–Kier alpha value is -0.840. The molecule has 1 unspecified atom stereocenters. The van der Waals surface area contributed by atoms with E-state index in [4.69, 9.17) is 10.5 Å². The minimum Gasteiger partial charge on any atom is -0.496 e. The van der Waals surface area contributed by atoms with E-state index < -0.39 is 0 Å². The van der Waals surface area contributed by atoms with Crippen molar-refractivity contribution in [2.24, 2.45) is 5.73 Å². The lowest BCUT2D eigenvalue weighted by atomic mass is 9.98. The fourth-order valence-corrected chi connectivity index (χ4v) is 3.13. The summed E-state index contributed by atoms with van der Waals surface area (Å²) in [7, 11) is 1.69. The smallest absolute Gasteiger partial charge is 0.122 e. The average molecular weight is 399 g/mol. The number of nitrogens with two attached hydrogens (primary N) is 1. The summed E-state index contributed by atoms with van der Waals surface area (Å²) in [6.45, 7) is 2.07. The fourth-order valence-electron chi connectivity index (χ4n) is 2.21. The first kappa shape index (κ1) is 15.5. The average Bonchev–Trinajstić information content (AvgIpc) is 2.41. The first-order valence-electron chi connectivity index (χ1n) is 6.35. The molecule has 0 aliphatic rings. The Balaban J connectivity index is 2.29. The van der Waals surface area contributed by atoms with E-state index in [2.05, 4.69) is 50.9 Å². The molecule has 2 aromatic rings. The van der Waals surface area contributed by atoms with Crippen LogP contribution >= 0.6 is 31.9 Å². The highest BCUT2D eigenvalue weighted by atomic mass is 79.9. The molecule has 0 spiro atoms. The van der Waals surface area contributed by atoms with Gasteiger partial charge in [0.25, 0.3) is 0 Å². The molecule has 0 aromatic heterocycles. The molecule has 0 aliphatic carbocycles. The molecule has 0 saturated heterocycles. The van der Waals surface area contributed by atoms with Crippen LogP contribution in [-0.4, -0.2) is 7.11 Å². The summed E-state index contributed by atoms with van der Waals surface area (Å²) >= 11 is 7.05. The third kappa shape index (κ3) is 3.62. The third-order valence-electron chi connectivity index (χ3n) is 3.23. The van der Waals surface area contributed by atoms with Gasteiger partial charge >= 0.3 is 0 Å². The van der Waals surface area contributed by atoms with Crippen molar-refractivity contribution in [1.82, 2.24) is 0 Å². The number of halogens is 2. The molecule has 0 heterocycles. The van der Waals surface area contributed by atoms with Crippen molar-refractivity contribution < 1.29 is 4.74 Å². The molecule has 1 atom stereocenters. The van der Waals surface area contributed by atoms with Gasteiger partial charge in [0, 0.05) is 15.0 Å². The Labute approximate surface area is 136 Å². The predicted octanol–water partition coefficient (Wildman–Crippen LogP) is 4.77. The van der Waals surface area contributed by atoms with Gasteiger partial charge in [0.05, 0.1) is 7.11 Å². The van der Waals surface area contributed by atoms with Crippen molar-refractivity contribution in [3.63, 3.8) is 0 Å². The standard InChI is InChI=1S/C16H17Br2NO/c1-10-3-6-16(20-2)11(7-10)8-15(19)13-9-12(17)4-5-14(13)18/h3-7,9,15H,8,19H2,1-2H3. The Morgan fingerprint density at radius 2 is 1.90 bits per heavy atom. The number of benzene rings is 2. The van der Waals surface area contributed by atoms with Crippen molar-refractivity contribution in [3.8, 4) is 5.75 Å². The Morgan fingerprint density at radius 3 is 2.60 bits per heavy atom. The van der Waals surface area contributed by atoms with E-state index in [1.165, 1.54) is 5.56 Å². The number of aryl methyl sites for hydroxylation is 1. The predicted molar refractivity (Wildman–Crippen MR) is 90.2 cm³/mol. The van der Waals surface area contributed by atoms with Crippen LogP contribution in [-0.2, 0) is 6.42 Å². The van der Waals surface area contributed by atoms with Crippen molar-refractivity contribution in [3.05, 3.63) is 62.0 Å². The largest absolute Gasteiger partial charge is 0.496 e. The highest BCUT2D eigenvalue weighted by molar-refractivity contribution is 9.11. The Kier molecular flexibility index (Phi) is 5.24. The number of hydrogen-bond acceptors (Lipinski definition) is 2. The van der Waals surface area contributed by atoms with Gasteiger partial charge in [-0.15, -0.1) is 0 Å². The first-order chi connectivity index (χ1) is 9.51. The van der Waals surface area contributed by atoms with E-state index in [0.717, 1.165) is 32.2 Å². The van der Waals surface area contributed by atoms with Gasteiger partial charge in [0.15, 0.2) is 0 Å². The van der Waals surface area contributed by atoms with Gasteiger partial charge in [-0.1, -0.05) is 49.6 Å². The molecule has 2 N–H and O–H groups in total. The van der Waals surface area contributed by atoms with Gasteiger partial charge in [-0.2, -0.15) is 0 Å². The van der Waals surface area contributed by atoms with E-state index in [1.54, 1.807) is 7.11 Å². The molecule has 20 heavy (non-hydrogen) atoms. The summed E-state index contributed by atoms with van der Waals surface area (Å²) in [5, 5.41) is 0. The van der Waals surface area contributed by atoms with Gasteiger partial charge in [0.2, 0.25) is 0 Å². The van der Waals surface area contributed by atoms with E-state index in [-0.39, 0.29) is 6.04 Å². The van der Waals surface area contributed by atoms with Crippen LogP contribution in [0.25, 0.3) is 0 Å². The molecule has 2 nitrogen and oxygen atoms in total. The van der Waals surface area contributed by atoms with Crippen molar-refractivity contribution in [2.45, 2.75) is 19.4 Å². The van der Waals surface area contributed by atoms with E-state index in [9.17, 15) is 0 Å². The molecule has 0 bridgehead atoms. The van der Waals surface area contributed by atoms with Crippen LogP contribution in [0.3, 0.4) is 0 Å². The van der Waals surface area contributed by atoms with Crippen LogP contribution in [0.2, 0.25) is 0 Å². The van der Waals surface area contributed by atoms with E-state index >= 15 is 0 Å². The summed E-state index contributed by atoms with van der Waals surface area (Å²) in [6, 6.07) is 12.1. The molecule has 0 radical (unpaired) electrons. The second kappa shape index (κ2) is 6.74. The number of ether oxygens (including phenoxy) is 1. The monoisotopic (exact) mass is 397 g/mol. The Bertz CT molecular complexity index is 613. The lowest BCUT2D eigenvalue weighted by Crippen LogP contribution is -2.14. The summed E-state index contributed by atoms with van der Waals surface area (Å²) < 4.78 is 7.47. The summed E-state index contributed by atoms with van der Waals surface area (Å²) in [5.41, 5.74) is 9.79. The van der Waals surface area contributed by atoms with Gasteiger partial charge < -0.3 is 10.5 Å². The molecule has 2 rings (SSSR count). The van der Waals surface area contributed by atoms with E-state index in [0.29, 0.717) is 0 Å². The van der Waals surface area contributed by atoms with Gasteiger partial charge in [-0.25, -0.2) is 0 Å². The highest BCUT2D eigenvalue weighted by Crippen LogP contribution is 2.30. The zero-order valence-corrected chi connectivity index (χ0v) is 14.7. The lowest BCUT2D eigenvalue weighted by molar-refractivity contribution is 0.408. The van der Waals surface area contributed by atoms with Crippen LogP contribution in [0.4, 0.5) is 0 Å². The molecular weight excluding hydrogens is 382 g/mol. The van der Waals surface area contributed by atoms with Gasteiger partial charge in [-0.3, -0.25) is 0 Å². The second-order valence-electron chi connectivity index (χ2n) is 4.79. The van der Waals surface area contributed by atoms with Crippen molar-refractivity contribution >= 4 is 31.9 Å². The SMILES string of the molecule is COc1ccc(C)cc1CC(N)c1cc(Br)ccc1Br.